The lowest BCUT2D eigenvalue weighted by Crippen LogP contribution is -1.97. The molecule has 0 fully saturated rings. The number of benzene rings is 2. The van der Waals surface area contributed by atoms with E-state index in [1.165, 1.54) is 12.8 Å². The summed E-state index contributed by atoms with van der Waals surface area (Å²) in [7, 11) is 0. The quantitative estimate of drug-likeness (QED) is 0.560. The Kier molecular flexibility index (Phi) is 4.35. The predicted octanol–water partition coefficient (Wildman–Crippen LogP) is 4.22. The van der Waals surface area contributed by atoms with Crippen molar-refractivity contribution in [2.24, 2.45) is 0 Å². The number of carbonyl (C=O) groups excluding carboxylic acids is 1. The van der Waals surface area contributed by atoms with E-state index in [-0.39, 0.29) is 0 Å². The molecular weight excluding hydrogens is 224 g/mol. The molecule has 0 amide bonds. The van der Waals surface area contributed by atoms with Gasteiger partial charge in [-0.15, -0.1) is 0 Å². The fraction of sp³-hybridized carbons (Fsp3) is 0.312. The van der Waals surface area contributed by atoms with E-state index < -0.39 is 0 Å². The van der Waals surface area contributed by atoms with Crippen LogP contribution in [-0.2, 0) is 0 Å². The summed E-state index contributed by atoms with van der Waals surface area (Å²) < 4.78 is 5.81. The van der Waals surface area contributed by atoms with Crippen molar-refractivity contribution in [3.63, 3.8) is 0 Å². The lowest BCUT2D eigenvalue weighted by atomic mass is 10.1. The van der Waals surface area contributed by atoms with Crippen LogP contribution in [-0.4, -0.2) is 12.9 Å². The Balaban J connectivity index is 2.20. The van der Waals surface area contributed by atoms with Crippen molar-refractivity contribution in [1.29, 1.82) is 0 Å². The molecule has 0 aliphatic heterocycles. The Morgan fingerprint density at radius 2 is 2.06 bits per heavy atom. The number of hydrogen-bond acceptors (Lipinski definition) is 2. The van der Waals surface area contributed by atoms with Gasteiger partial charge < -0.3 is 4.74 Å². The van der Waals surface area contributed by atoms with Crippen LogP contribution in [0.3, 0.4) is 0 Å². The van der Waals surface area contributed by atoms with Gasteiger partial charge in [0, 0.05) is 10.9 Å². The van der Waals surface area contributed by atoms with Crippen molar-refractivity contribution in [2.45, 2.75) is 26.2 Å². The van der Waals surface area contributed by atoms with Crippen LogP contribution in [0.15, 0.2) is 36.4 Å². The van der Waals surface area contributed by atoms with E-state index in [1.54, 1.807) is 0 Å². The molecule has 0 radical (unpaired) electrons. The van der Waals surface area contributed by atoms with Gasteiger partial charge in [-0.2, -0.15) is 0 Å². The molecular formula is C16H18O2. The molecule has 2 nitrogen and oxygen atoms in total. The fourth-order valence-corrected chi connectivity index (χ4v) is 2.01. The maximum atomic E-state index is 10.7. The molecule has 0 heterocycles. The van der Waals surface area contributed by atoms with Gasteiger partial charge in [0.15, 0.2) is 0 Å². The average Bonchev–Trinajstić information content (AvgIpc) is 2.43. The summed E-state index contributed by atoms with van der Waals surface area (Å²) in [5, 5.41) is 2.12. The lowest BCUT2D eigenvalue weighted by Gasteiger charge is -2.09. The van der Waals surface area contributed by atoms with Crippen LogP contribution in [0.25, 0.3) is 10.8 Å². The number of rotatable bonds is 6. The Bertz CT molecular complexity index is 532. The van der Waals surface area contributed by atoms with Gasteiger partial charge in [-0.05, 0) is 30.0 Å². The number of ether oxygens (including phenoxy) is 1. The van der Waals surface area contributed by atoms with E-state index >= 15 is 0 Å². The van der Waals surface area contributed by atoms with Crippen LogP contribution in [0, 0.1) is 0 Å². The molecule has 18 heavy (non-hydrogen) atoms. The third kappa shape index (κ3) is 2.89. The molecule has 0 aliphatic carbocycles. The van der Waals surface area contributed by atoms with Gasteiger partial charge in [0.1, 0.15) is 12.0 Å². The molecule has 0 unspecified atom stereocenters. The molecule has 0 aromatic heterocycles. The fourth-order valence-electron chi connectivity index (χ4n) is 2.01. The van der Waals surface area contributed by atoms with Crippen molar-refractivity contribution in [1.82, 2.24) is 0 Å². The van der Waals surface area contributed by atoms with Gasteiger partial charge in [0.2, 0.25) is 0 Å². The van der Waals surface area contributed by atoms with E-state index in [2.05, 4.69) is 6.92 Å². The van der Waals surface area contributed by atoms with Crippen LogP contribution in [0.1, 0.15) is 36.5 Å². The van der Waals surface area contributed by atoms with Crippen LogP contribution >= 0.6 is 0 Å². The zero-order chi connectivity index (χ0) is 12.8. The Hall–Kier alpha value is -1.83. The second-order valence-electron chi connectivity index (χ2n) is 4.41. The largest absolute Gasteiger partial charge is 0.493 e. The van der Waals surface area contributed by atoms with Crippen LogP contribution in [0.2, 0.25) is 0 Å². The zero-order valence-corrected chi connectivity index (χ0v) is 10.7. The summed E-state index contributed by atoms with van der Waals surface area (Å²) in [5.74, 6) is 0.904. The molecule has 2 rings (SSSR count). The van der Waals surface area contributed by atoms with Gasteiger partial charge in [-0.3, -0.25) is 4.79 Å². The number of carbonyl (C=O) groups is 1. The topological polar surface area (TPSA) is 26.3 Å². The summed E-state index contributed by atoms with van der Waals surface area (Å²) in [6.45, 7) is 2.93. The van der Waals surface area contributed by atoms with Gasteiger partial charge in [-0.1, -0.05) is 38.0 Å². The van der Waals surface area contributed by atoms with E-state index in [0.717, 1.165) is 35.8 Å². The van der Waals surface area contributed by atoms with E-state index in [4.69, 9.17) is 4.74 Å². The standard InChI is InChI=1S/C16H18O2/c1-2-3-4-10-18-16-7-5-6-14-11-13(12-17)8-9-15(14)16/h5-9,11-12H,2-4,10H2,1H3. The maximum Gasteiger partial charge on any atom is 0.150 e. The molecule has 2 aromatic carbocycles. The van der Waals surface area contributed by atoms with Crippen molar-refractivity contribution in [2.75, 3.05) is 6.61 Å². The first-order chi connectivity index (χ1) is 8.85. The number of hydrogen-bond donors (Lipinski definition) is 0. The lowest BCUT2D eigenvalue weighted by molar-refractivity contribution is 0.112. The zero-order valence-electron chi connectivity index (χ0n) is 10.7. The predicted molar refractivity (Wildman–Crippen MR) is 74.4 cm³/mol. The van der Waals surface area contributed by atoms with Crippen molar-refractivity contribution in [3.05, 3.63) is 42.0 Å². The first-order valence-corrected chi connectivity index (χ1v) is 6.46. The molecule has 0 saturated carbocycles. The summed E-state index contributed by atoms with van der Waals surface area (Å²) in [6.07, 6.45) is 4.34. The van der Waals surface area contributed by atoms with Gasteiger partial charge >= 0.3 is 0 Å². The Labute approximate surface area is 108 Å². The van der Waals surface area contributed by atoms with E-state index in [0.29, 0.717) is 5.56 Å². The van der Waals surface area contributed by atoms with Crippen LogP contribution in [0.5, 0.6) is 5.75 Å². The molecule has 0 bridgehead atoms. The minimum absolute atomic E-state index is 0.700. The van der Waals surface area contributed by atoms with Crippen LogP contribution in [0.4, 0.5) is 0 Å². The summed E-state index contributed by atoms with van der Waals surface area (Å²) in [5.41, 5.74) is 0.700. The molecule has 0 saturated heterocycles. The third-order valence-electron chi connectivity index (χ3n) is 3.01. The van der Waals surface area contributed by atoms with E-state index in [1.807, 2.05) is 36.4 Å². The molecule has 0 atom stereocenters. The molecule has 94 valence electrons. The Morgan fingerprint density at radius 1 is 1.17 bits per heavy atom. The second kappa shape index (κ2) is 6.20. The summed E-state index contributed by atoms with van der Waals surface area (Å²) in [6, 6.07) is 11.6. The molecule has 0 aliphatic rings. The molecule has 0 N–H and O–H groups in total. The minimum atomic E-state index is 0.700. The van der Waals surface area contributed by atoms with Crippen molar-refractivity contribution in [3.8, 4) is 5.75 Å². The SMILES string of the molecule is CCCCCOc1cccc2cc(C=O)ccc12. The number of fused-ring (bicyclic) bond motifs is 1. The number of unbranched alkanes of at least 4 members (excludes halogenated alkanes) is 2. The van der Waals surface area contributed by atoms with Crippen molar-refractivity contribution < 1.29 is 9.53 Å². The van der Waals surface area contributed by atoms with Crippen LogP contribution < -0.4 is 4.74 Å². The van der Waals surface area contributed by atoms with E-state index in [9.17, 15) is 4.79 Å². The third-order valence-corrected chi connectivity index (χ3v) is 3.01. The monoisotopic (exact) mass is 242 g/mol. The summed E-state index contributed by atoms with van der Waals surface area (Å²) >= 11 is 0. The van der Waals surface area contributed by atoms with Gasteiger partial charge in [-0.25, -0.2) is 0 Å². The first kappa shape index (κ1) is 12.6. The van der Waals surface area contributed by atoms with Gasteiger partial charge in [0.05, 0.1) is 6.61 Å². The number of aldehydes is 1. The smallest absolute Gasteiger partial charge is 0.150 e. The average molecular weight is 242 g/mol. The normalized spacial score (nSPS) is 10.5. The minimum Gasteiger partial charge on any atom is -0.493 e. The second-order valence-corrected chi connectivity index (χ2v) is 4.41. The Morgan fingerprint density at radius 3 is 2.83 bits per heavy atom. The van der Waals surface area contributed by atoms with Gasteiger partial charge in [0.25, 0.3) is 0 Å². The van der Waals surface area contributed by atoms with Crippen molar-refractivity contribution >= 4 is 17.1 Å². The first-order valence-electron chi connectivity index (χ1n) is 6.46. The highest BCUT2D eigenvalue weighted by molar-refractivity contribution is 5.92. The highest BCUT2D eigenvalue weighted by atomic mass is 16.5. The summed E-state index contributed by atoms with van der Waals surface area (Å²) in [4.78, 5) is 10.7. The molecule has 2 aromatic rings. The maximum absolute atomic E-state index is 10.7. The molecule has 0 spiro atoms. The highest BCUT2D eigenvalue weighted by Crippen LogP contribution is 2.26. The highest BCUT2D eigenvalue weighted by Gasteiger charge is 2.02. The molecule has 2 heteroatoms.